The summed E-state index contributed by atoms with van der Waals surface area (Å²) in [5.41, 5.74) is 5.23. The molecule has 0 saturated heterocycles. The minimum atomic E-state index is 0.0418. The van der Waals surface area contributed by atoms with E-state index in [1.807, 2.05) is 6.26 Å². The number of aliphatic hydroxyl groups is 1. The highest BCUT2D eigenvalue weighted by Crippen LogP contribution is 2.42. The van der Waals surface area contributed by atoms with Crippen molar-refractivity contribution in [1.29, 1.82) is 0 Å². The molecule has 0 fully saturated rings. The molecule has 156 valence electrons. The Hall–Kier alpha value is -1.48. The van der Waals surface area contributed by atoms with Crippen molar-refractivity contribution in [3.8, 4) is 0 Å². The van der Waals surface area contributed by atoms with Crippen molar-refractivity contribution in [3.05, 3.63) is 16.8 Å². The number of aryl methyl sites for hydroxylation is 1. The number of thiophene rings is 1. The predicted molar refractivity (Wildman–Crippen MR) is 121 cm³/mol. The van der Waals surface area contributed by atoms with Gasteiger partial charge in [-0.15, -0.1) is 11.3 Å². The number of aliphatic hydroxyl groups excluding tert-OH is 1. The van der Waals surface area contributed by atoms with Gasteiger partial charge in [-0.1, -0.05) is 25.6 Å². The average molecular weight is 433 g/mol. The van der Waals surface area contributed by atoms with Gasteiger partial charge in [0, 0.05) is 17.6 Å². The first-order valence-electron chi connectivity index (χ1n) is 10.2. The van der Waals surface area contributed by atoms with Crippen LogP contribution in [0.4, 0.5) is 5.82 Å². The largest absolute Gasteiger partial charge is 0.394 e. The van der Waals surface area contributed by atoms with Gasteiger partial charge in [0.25, 0.3) is 0 Å². The fourth-order valence-corrected chi connectivity index (χ4v) is 5.49. The standard InChI is InChI=1S/C21H28N4O2S2/c1-12(2)11-15-13-5-4-6-14(13)16-17-18(29-20(16)23-15)19(25-21(24-17)28-3)22-7-9-27-10-8-26/h12,26H,4-11H2,1-3H3,(H,22,24,25). The maximum Gasteiger partial charge on any atom is 0.189 e. The zero-order valence-electron chi connectivity index (χ0n) is 17.2. The fraction of sp³-hybridized carbons (Fsp3) is 0.571. The van der Waals surface area contributed by atoms with Crippen LogP contribution in [0.2, 0.25) is 0 Å². The number of hydrogen-bond donors (Lipinski definition) is 2. The topological polar surface area (TPSA) is 80.2 Å². The van der Waals surface area contributed by atoms with Crippen molar-refractivity contribution in [2.75, 3.05) is 37.9 Å². The molecule has 6 nitrogen and oxygen atoms in total. The molecule has 3 heterocycles. The lowest BCUT2D eigenvalue weighted by Crippen LogP contribution is -2.12. The maximum absolute atomic E-state index is 8.85. The van der Waals surface area contributed by atoms with Crippen LogP contribution < -0.4 is 5.32 Å². The molecule has 29 heavy (non-hydrogen) atoms. The third kappa shape index (κ3) is 4.21. The number of nitrogens with one attached hydrogen (secondary N) is 1. The Morgan fingerprint density at radius 1 is 1.17 bits per heavy atom. The van der Waals surface area contributed by atoms with Gasteiger partial charge in [-0.05, 0) is 49.0 Å². The molecule has 0 spiro atoms. The second-order valence-electron chi connectivity index (χ2n) is 7.75. The Morgan fingerprint density at radius 2 is 2.00 bits per heavy atom. The first kappa shape index (κ1) is 20.8. The third-order valence-corrected chi connectivity index (χ3v) is 6.78. The Morgan fingerprint density at radius 3 is 2.76 bits per heavy atom. The molecule has 3 aromatic heterocycles. The summed E-state index contributed by atoms with van der Waals surface area (Å²) in [6, 6.07) is 0. The van der Waals surface area contributed by atoms with Gasteiger partial charge in [0.2, 0.25) is 0 Å². The highest BCUT2D eigenvalue weighted by atomic mass is 32.2. The highest BCUT2D eigenvalue weighted by molar-refractivity contribution is 7.98. The monoisotopic (exact) mass is 432 g/mol. The van der Waals surface area contributed by atoms with Crippen LogP contribution in [0.15, 0.2) is 5.16 Å². The molecule has 0 unspecified atom stereocenters. The lowest BCUT2D eigenvalue weighted by Gasteiger charge is -2.11. The Balaban J connectivity index is 1.80. The van der Waals surface area contributed by atoms with Gasteiger partial charge < -0.3 is 15.2 Å². The Bertz CT molecular complexity index is 1020. The van der Waals surface area contributed by atoms with E-state index in [0.29, 0.717) is 25.7 Å². The summed E-state index contributed by atoms with van der Waals surface area (Å²) in [5.74, 6) is 1.45. The van der Waals surface area contributed by atoms with Crippen molar-refractivity contribution in [3.63, 3.8) is 0 Å². The van der Waals surface area contributed by atoms with E-state index in [1.54, 1.807) is 23.1 Å². The van der Waals surface area contributed by atoms with Gasteiger partial charge in [0.05, 0.1) is 30.0 Å². The minimum Gasteiger partial charge on any atom is -0.394 e. The fourth-order valence-electron chi connectivity index (χ4n) is 4.00. The summed E-state index contributed by atoms with van der Waals surface area (Å²) in [5, 5.41) is 14.3. The van der Waals surface area contributed by atoms with E-state index in [4.69, 9.17) is 24.8 Å². The Labute approximate surface area is 179 Å². The van der Waals surface area contributed by atoms with E-state index in [-0.39, 0.29) is 6.61 Å². The molecule has 0 amide bonds. The molecule has 0 bridgehead atoms. The van der Waals surface area contributed by atoms with Gasteiger partial charge in [-0.3, -0.25) is 0 Å². The third-order valence-electron chi connectivity index (χ3n) is 5.16. The van der Waals surface area contributed by atoms with E-state index < -0.39 is 0 Å². The SMILES string of the molecule is CSc1nc(NCCOCCO)c2sc3nc(CC(C)C)c4c(c3c2n1)CCC4. The van der Waals surface area contributed by atoms with Crippen LogP contribution in [0.25, 0.3) is 20.4 Å². The molecule has 1 aliphatic carbocycles. The Kier molecular flexibility index (Phi) is 6.53. The number of rotatable bonds is 9. The molecule has 3 aromatic rings. The molecule has 0 aliphatic heterocycles. The zero-order valence-corrected chi connectivity index (χ0v) is 18.9. The number of fused-ring (bicyclic) bond motifs is 5. The van der Waals surface area contributed by atoms with E-state index in [2.05, 4.69) is 19.2 Å². The second kappa shape index (κ2) is 9.12. The van der Waals surface area contributed by atoms with Crippen molar-refractivity contribution in [2.45, 2.75) is 44.7 Å². The molecular formula is C21H28N4O2S2. The molecule has 4 rings (SSSR count). The molecule has 0 aromatic carbocycles. The molecule has 0 radical (unpaired) electrons. The molecule has 0 atom stereocenters. The van der Waals surface area contributed by atoms with Gasteiger partial charge in [0.1, 0.15) is 10.6 Å². The summed E-state index contributed by atoms with van der Waals surface area (Å²) in [7, 11) is 0. The summed E-state index contributed by atoms with van der Waals surface area (Å²) in [6.45, 7) is 6.08. The average Bonchev–Trinajstić information content (AvgIpc) is 3.31. The van der Waals surface area contributed by atoms with Crippen molar-refractivity contribution in [2.24, 2.45) is 5.92 Å². The summed E-state index contributed by atoms with van der Waals surface area (Å²) < 4.78 is 6.45. The summed E-state index contributed by atoms with van der Waals surface area (Å²) >= 11 is 3.25. The lowest BCUT2D eigenvalue weighted by atomic mass is 9.99. The minimum absolute atomic E-state index is 0.0418. The van der Waals surface area contributed by atoms with Gasteiger partial charge in [-0.25, -0.2) is 15.0 Å². The molecule has 8 heteroatoms. The van der Waals surface area contributed by atoms with Crippen LogP contribution in [-0.4, -0.2) is 52.7 Å². The van der Waals surface area contributed by atoms with Crippen LogP contribution in [0, 0.1) is 5.92 Å². The van der Waals surface area contributed by atoms with Crippen molar-refractivity contribution < 1.29 is 9.84 Å². The number of anilines is 1. The van der Waals surface area contributed by atoms with Crippen molar-refractivity contribution in [1.82, 2.24) is 15.0 Å². The van der Waals surface area contributed by atoms with E-state index in [9.17, 15) is 0 Å². The highest BCUT2D eigenvalue weighted by Gasteiger charge is 2.25. The summed E-state index contributed by atoms with van der Waals surface area (Å²) in [6.07, 6.45) is 6.48. The number of ether oxygens (including phenoxy) is 1. The molecule has 1 aliphatic rings. The smallest absolute Gasteiger partial charge is 0.189 e. The maximum atomic E-state index is 8.85. The van der Waals surface area contributed by atoms with Crippen LogP contribution in [0.3, 0.4) is 0 Å². The van der Waals surface area contributed by atoms with Crippen LogP contribution in [0.5, 0.6) is 0 Å². The van der Waals surface area contributed by atoms with Gasteiger partial charge >= 0.3 is 0 Å². The van der Waals surface area contributed by atoms with Crippen LogP contribution >= 0.6 is 23.1 Å². The van der Waals surface area contributed by atoms with Crippen LogP contribution in [0.1, 0.15) is 37.1 Å². The summed E-state index contributed by atoms with van der Waals surface area (Å²) in [4.78, 5) is 15.8. The molecular weight excluding hydrogens is 404 g/mol. The van der Waals surface area contributed by atoms with Crippen molar-refractivity contribution >= 4 is 49.3 Å². The molecule has 0 saturated carbocycles. The quantitative estimate of drug-likeness (QED) is 0.300. The van der Waals surface area contributed by atoms with Gasteiger partial charge in [-0.2, -0.15) is 0 Å². The first-order valence-corrected chi connectivity index (χ1v) is 12.3. The molecule has 2 N–H and O–H groups in total. The number of nitrogens with zero attached hydrogens (tertiary/aromatic N) is 3. The number of hydrogen-bond acceptors (Lipinski definition) is 8. The van der Waals surface area contributed by atoms with E-state index in [0.717, 1.165) is 45.3 Å². The zero-order chi connectivity index (χ0) is 20.4. The second-order valence-corrected chi connectivity index (χ2v) is 9.52. The number of pyridine rings is 1. The first-order chi connectivity index (χ1) is 14.1. The number of thioether (sulfide) groups is 1. The van der Waals surface area contributed by atoms with Crippen LogP contribution in [-0.2, 0) is 24.0 Å². The normalized spacial score (nSPS) is 13.7. The van der Waals surface area contributed by atoms with E-state index >= 15 is 0 Å². The van der Waals surface area contributed by atoms with Gasteiger partial charge in [0.15, 0.2) is 5.16 Å². The lowest BCUT2D eigenvalue weighted by molar-refractivity contribution is 0.0992. The predicted octanol–water partition coefficient (Wildman–Crippen LogP) is 4.07. The van der Waals surface area contributed by atoms with E-state index in [1.165, 1.54) is 28.6 Å². The number of aromatic nitrogens is 3.